The monoisotopic (exact) mass is 277 g/mol. The van der Waals surface area contributed by atoms with E-state index in [0.717, 1.165) is 25.4 Å². The maximum Gasteiger partial charge on any atom is 0.162 e. The second-order valence-corrected chi connectivity index (χ2v) is 5.72. The van der Waals surface area contributed by atoms with Crippen molar-refractivity contribution in [2.75, 3.05) is 19.6 Å². The molecule has 0 unspecified atom stereocenters. The number of carbonyl (C=O) groups excluding carboxylic acids is 1. The molecule has 1 saturated carbocycles. The summed E-state index contributed by atoms with van der Waals surface area (Å²) in [6.07, 6.45) is 5.55. The molecule has 0 aromatic heterocycles. The van der Waals surface area contributed by atoms with Gasteiger partial charge in [0, 0.05) is 18.5 Å². The fourth-order valence-electron chi connectivity index (χ4n) is 2.66. The van der Waals surface area contributed by atoms with E-state index < -0.39 is 0 Å². The molecule has 1 aliphatic carbocycles. The molecule has 1 fully saturated rings. The molecular weight excluding hydrogens is 253 g/mol. The Morgan fingerprint density at radius 3 is 2.55 bits per heavy atom. The number of carbonyl (C=O) groups is 1. The summed E-state index contributed by atoms with van der Waals surface area (Å²) in [7, 11) is 0. The minimum atomic E-state index is -0.292. The summed E-state index contributed by atoms with van der Waals surface area (Å²) in [5.41, 5.74) is 0.619. The van der Waals surface area contributed by atoms with Gasteiger partial charge in [0.05, 0.1) is 0 Å². The van der Waals surface area contributed by atoms with Crippen molar-refractivity contribution in [2.24, 2.45) is 5.92 Å². The van der Waals surface area contributed by atoms with Crippen molar-refractivity contribution < 1.29 is 9.18 Å². The number of Topliss-reactive ketones (excluding diaryl/α,β-unsaturated/α-hetero) is 1. The van der Waals surface area contributed by atoms with Crippen molar-refractivity contribution in [1.29, 1.82) is 0 Å². The summed E-state index contributed by atoms with van der Waals surface area (Å²) in [6.45, 7) is 5.41. The highest BCUT2D eigenvalue weighted by molar-refractivity contribution is 5.95. The van der Waals surface area contributed by atoms with Crippen LogP contribution in [0.5, 0.6) is 0 Å². The lowest BCUT2D eigenvalue weighted by molar-refractivity contribution is 0.0971. The van der Waals surface area contributed by atoms with E-state index in [9.17, 15) is 9.18 Å². The second-order valence-electron chi connectivity index (χ2n) is 5.72. The minimum absolute atomic E-state index is 0.115. The Bertz CT molecular complexity index is 425. The minimum Gasteiger partial charge on any atom is -0.303 e. The molecule has 0 N–H and O–H groups in total. The van der Waals surface area contributed by atoms with Crippen LogP contribution in [0, 0.1) is 11.7 Å². The van der Waals surface area contributed by atoms with Crippen LogP contribution in [0.3, 0.4) is 0 Å². The van der Waals surface area contributed by atoms with Crippen LogP contribution in [0.15, 0.2) is 24.3 Å². The smallest absolute Gasteiger partial charge is 0.162 e. The predicted octanol–water partition coefficient (Wildman–Crippen LogP) is 3.91. The van der Waals surface area contributed by atoms with E-state index in [1.54, 1.807) is 12.1 Å². The quantitative estimate of drug-likeness (QED) is 0.671. The van der Waals surface area contributed by atoms with Crippen molar-refractivity contribution in [3.8, 4) is 0 Å². The maximum atomic E-state index is 12.8. The van der Waals surface area contributed by atoms with Crippen molar-refractivity contribution in [3.63, 3.8) is 0 Å². The van der Waals surface area contributed by atoms with Gasteiger partial charge in [-0.05, 0) is 62.5 Å². The molecular formula is C17H24FNO. The molecule has 0 saturated heterocycles. The normalized spacial score (nSPS) is 15.3. The summed E-state index contributed by atoms with van der Waals surface area (Å²) in [6, 6.07) is 5.84. The van der Waals surface area contributed by atoms with E-state index in [2.05, 4.69) is 11.8 Å². The van der Waals surface area contributed by atoms with Gasteiger partial charge in [-0.15, -0.1) is 0 Å². The molecule has 1 aromatic rings. The van der Waals surface area contributed by atoms with Crippen LogP contribution in [-0.2, 0) is 0 Å². The first-order valence-electron chi connectivity index (χ1n) is 7.70. The summed E-state index contributed by atoms with van der Waals surface area (Å²) in [5.74, 6) is 0.701. The number of ketones is 1. The largest absolute Gasteiger partial charge is 0.303 e. The molecule has 20 heavy (non-hydrogen) atoms. The Morgan fingerprint density at radius 1 is 1.30 bits per heavy atom. The number of hydrogen-bond acceptors (Lipinski definition) is 2. The van der Waals surface area contributed by atoms with Crippen LogP contribution in [0.4, 0.5) is 4.39 Å². The van der Waals surface area contributed by atoms with Gasteiger partial charge in [-0.3, -0.25) is 4.79 Å². The molecule has 0 bridgehead atoms. The first-order chi connectivity index (χ1) is 9.69. The summed E-state index contributed by atoms with van der Waals surface area (Å²) >= 11 is 0. The maximum absolute atomic E-state index is 12.8. The Balaban J connectivity index is 1.70. The molecule has 1 aromatic carbocycles. The van der Waals surface area contributed by atoms with E-state index in [-0.39, 0.29) is 11.6 Å². The van der Waals surface area contributed by atoms with Gasteiger partial charge in [-0.25, -0.2) is 4.39 Å². The molecule has 2 rings (SSSR count). The fraction of sp³-hybridized carbons (Fsp3) is 0.588. The average molecular weight is 277 g/mol. The number of benzene rings is 1. The average Bonchev–Trinajstić information content (AvgIpc) is 2.41. The van der Waals surface area contributed by atoms with Crippen molar-refractivity contribution >= 4 is 5.78 Å². The highest BCUT2D eigenvalue weighted by Gasteiger charge is 2.19. The van der Waals surface area contributed by atoms with Crippen LogP contribution in [-0.4, -0.2) is 30.3 Å². The lowest BCUT2D eigenvalue weighted by Crippen LogP contribution is -2.33. The molecule has 110 valence electrons. The zero-order valence-corrected chi connectivity index (χ0v) is 12.3. The Kier molecular flexibility index (Phi) is 5.72. The summed E-state index contributed by atoms with van der Waals surface area (Å²) in [5, 5.41) is 0. The molecule has 1 aliphatic rings. The molecule has 0 atom stereocenters. The van der Waals surface area contributed by atoms with Gasteiger partial charge in [0.15, 0.2) is 5.78 Å². The van der Waals surface area contributed by atoms with E-state index in [1.807, 2.05) is 0 Å². The number of nitrogens with zero attached hydrogens (tertiary/aromatic N) is 1. The highest BCUT2D eigenvalue weighted by Crippen LogP contribution is 2.27. The third-order valence-electron chi connectivity index (χ3n) is 4.23. The molecule has 0 amide bonds. The number of hydrogen-bond donors (Lipinski definition) is 0. The molecule has 0 radical (unpaired) electrons. The van der Waals surface area contributed by atoms with Crippen LogP contribution in [0.25, 0.3) is 0 Å². The van der Waals surface area contributed by atoms with Gasteiger partial charge in [-0.1, -0.05) is 13.3 Å². The van der Waals surface area contributed by atoms with Crippen LogP contribution in [0.2, 0.25) is 0 Å². The van der Waals surface area contributed by atoms with Crippen molar-refractivity contribution in [2.45, 2.75) is 39.0 Å². The van der Waals surface area contributed by atoms with Crippen LogP contribution in [0.1, 0.15) is 49.4 Å². The second kappa shape index (κ2) is 7.53. The zero-order valence-electron chi connectivity index (χ0n) is 12.3. The third-order valence-corrected chi connectivity index (χ3v) is 4.23. The zero-order chi connectivity index (χ0) is 14.4. The lowest BCUT2D eigenvalue weighted by Gasteiger charge is -2.31. The van der Waals surface area contributed by atoms with Gasteiger partial charge in [-0.2, -0.15) is 0 Å². The van der Waals surface area contributed by atoms with Crippen LogP contribution < -0.4 is 0 Å². The van der Waals surface area contributed by atoms with Gasteiger partial charge in [0.25, 0.3) is 0 Å². The summed E-state index contributed by atoms with van der Waals surface area (Å²) in [4.78, 5) is 14.4. The van der Waals surface area contributed by atoms with Gasteiger partial charge in [0.1, 0.15) is 5.82 Å². The Labute approximate surface area is 121 Å². The third kappa shape index (κ3) is 4.41. The van der Waals surface area contributed by atoms with Gasteiger partial charge in [0.2, 0.25) is 0 Å². The van der Waals surface area contributed by atoms with Gasteiger partial charge >= 0.3 is 0 Å². The van der Waals surface area contributed by atoms with Crippen molar-refractivity contribution in [3.05, 3.63) is 35.6 Å². The summed E-state index contributed by atoms with van der Waals surface area (Å²) < 4.78 is 12.8. The van der Waals surface area contributed by atoms with Gasteiger partial charge < -0.3 is 4.90 Å². The standard InChI is InChI=1S/C17H24FNO/c1-2-19(13-14-5-3-6-14)12-4-7-17(20)15-8-10-16(18)11-9-15/h8-11,14H,2-7,12-13H2,1H3. The molecule has 2 nitrogen and oxygen atoms in total. The van der Waals surface area contributed by atoms with E-state index in [0.29, 0.717) is 12.0 Å². The Hall–Kier alpha value is -1.22. The fourth-order valence-corrected chi connectivity index (χ4v) is 2.66. The van der Waals surface area contributed by atoms with E-state index in [1.165, 1.54) is 37.9 Å². The van der Waals surface area contributed by atoms with Crippen molar-refractivity contribution in [1.82, 2.24) is 4.90 Å². The number of halogens is 1. The Morgan fingerprint density at radius 2 is 2.00 bits per heavy atom. The first-order valence-corrected chi connectivity index (χ1v) is 7.70. The molecule has 0 heterocycles. The number of rotatable bonds is 8. The SMILES string of the molecule is CCN(CCCC(=O)c1ccc(F)cc1)CC1CCC1. The first kappa shape index (κ1) is 15.2. The van der Waals surface area contributed by atoms with E-state index >= 15 is 0 Å². The lowest BCUT2D eigenvalue weighted by atomic mass is 9.85. The molecule has 0 aliphatic heterocycles. The highest BCUT2D eigenvalue weighted by atomic mass is 19.1. The molecule has 3 heteroatoms. The van der Waals surface area contributed by atoms with E-state index in [4.69, 9.17) is 0 Å². The predicted molar refractivity (Wildman–Crippen MR) is 79.4 cm³/mol. The topological polar surface area (TPSA) is 20.3 Å². The molecule has 0 spiro atoms. The van der Waals surface area contributed by atoms with Crippen LogP contribution >= 0.6 is 0 Å².